The molecule has 2 saturated carbocycles. The molecule has 0 heterocycles. The Bertz CT molecular complexity index is 418. The highest BCUT2D eigenvalue weighted by Gasteiger charge is 2.57. The van der Waals surface area contributed by atoms with Crippen LogP contribution in [0.25, 0.3) is 0 Å². The van der Waals surface area contributed by atoms with Crippen molar-refractivity contribution in [2.24, 2.45) is 29.6 Å². The molecule has 0 aromatic carbocycles. The highest BCUT2D eigenvalue weighted by Crippen LogP contribution is 2.64. The Labute approximate surface area is 88.7 Å². The van der Waals surface area contributed by atoms with Crippen LogP contribution in [0.1, 0.15) is 19.3 Å². The van der Waals surface area contributed by atoms with Gasteiger partial charge in [0.25, 0.3) is 0 Å². The number of aliphatic carboxylic acids is 1. The predicted molar refractivity (Wildman–Crippen MR) is 55.1 cm³/mol. The minimum atomic E-state index is -0.569. The molecule has 0 aromatic rings. The maximum atomic E-state index is 11.1. The zero-order valence-electron chi connectivity index (χ0n) is 8.52. The third-order valence-electron chi connectivity index (χ3n) is 5.02. The Morgan fingerprint density at radius 2 is 2.27 bits per heavy atom. The van der Waals surface area contributed by atoms with Crippen molar-refractivity contribution >= 4 is 5.97 Å². The molecule has 4 aliphatic rings. The number of hydrogen-bond acceptors (Lipinski definition) is 1. The fourth-order valence-corrected chi connectivity index (χ4v) is 4.61. The maximum absolute atomic E-state index is 11.1. The van der Waals surface area contributed by atoms with Crippen molar-refractivity contribution in [1.82, 2.24) is 0 Å². The van der Waals surface area contributed by atoms with Crippen molar-refractivity contribution in [2.45, 2.75) is 19.3 Å². The molecule has 4 rings (SSSR count). The van der Waals surface area contributed by atoms with Crippen LogP contribution >= 0.6 is 0 Å². The Morgan fingerprint density at radius 3 is 3.07 bits per heavy atom. The Morgan fingerprint density at radius 1 is 1.40 bits per heavy atom. The number of hydrogen-bond donors (Lipinski definition) is 1. The van der Waals surface area contributed by atoms with E-state index in [9.17, 15) is 9.90 Å². The average Bonchev–Trinajstić information content (AvgIpc) is 2.95. The second-order valence-electron chi connectivity index (χ2n) is 5.52. The molecule has 0 aromatic heterocycles. The molecule has 1 N–H and O–H groups in total. The van der Waals surface area contributed by atoms with E-state index in [1.807, 2.05) is 0 Å². The molecule has 4 aliphatic carbocycles. The van der Waals surface area contributed by atoms with Gasteiger partial charge in [-0.2, -0.15) is 0 Å². The quantitative estimate of drug-likeness (QED) is 0.708. The van der Waals surface area contributed by atoms with E-state index in [0.717, 1.165) is 24.7 Å². The van der Waals surface area contributed by atoms with Gasteiger partial charge in [-0.15, -0.1) is 0 Å². The first-order chi connectivity index (χ1) is 7.25. The lowest BCUT2D eigenvalue weighted by molar-refractivity contribution is -0.143. The molecule has 15 heavy (non-hydrogen) atoms. The molecule has 0 saturated heterocycles. The topological polar surface area (TPSA) is 37.3 Å². The number of carboxylic acids is 1. The van der Waals surface area contributed by atoms with Gasteiger partial charge in [0.1, 0.15) is 0 Å². The lowest BCUT2D eigenvalue weighted by Gasteiger charge is -2.29. The number of allylic oxidation sites excluding steroid dienone is 4. The van der Waals surface area contributed by atoms with Crippen molar-refractivity contribution in [1.29, 1.82) is 0 Å². The summed E-state index contributed by atoms with van der Waals surface area (Å²) in [5.41, 5.74) is 3.04. The maximum Gasteiger partial charge on any atom is 0.307 e. The molecule has 0 spiro atoms. The number of fused-ring (bicyclic) bond motifs is 8. The van der Waals surface area contributed by atoms with Crippen LogP contribution in [-0.4, -0.2) is 11.1 Å². The Balaban J connectivity index is 1.81. The fourth-order valence-electron chi connectivity index (χ4n) is 4.61. The summed E-state index contributed by atoms with van der Waals surface area (Å²) >= 11 is 0. The summed E-state index contributed by atoms with van der Waals surface area (Å²) in [6.07, 6.45) is 7.89. The Hall–Kier alpha value is -1.05. The Kier molecular flexibility index (Phi) is 1.29. The van der Waals surface area contributed by atoms with Gasteiger partial charge in [-0.25, -0.2) is 0 Å². The van der Waals surface area contributed by atoms with Gasteiger partial charge in [0.05, 0.1) is 5.92 Å². The third-order valence-corrected chi connectivity index (χ3v) is 5.02. The van der Waals surface area contributed by atoms with Crippen molar-refractivity contribution in [3.8, 4) is 0 Å². The summed E-state index contributed by atoms with van der Waals surface area (Å²) in [5.74, 6) is 1.91. The standard InChI is InChI=1S/C13H14O2/c14-13(15)10-5-8-4-9(10)12-7-2-1-6(3-7)11(8)12/h1-2,6,8-11H,3-5H2,(H,14,15). The lowest BCUT2D eigenvalue weighted by Crippen LogP contribution is -2.27. The second kappa shape index (κ2) is 2.37. The minimum Gasteiger partial charge on any atom is -0.481 e. The van der Waals surface area contributed by atoms with Crippen molar-refractivity contribution in [2.75, 3.05) is 0 Å². The van der Waals surface area contributed by atoms with Gasteiger partial charge in [-0.05, 0) is 48.5 Å². The molecule has 0 radical (unpaired) electrons. The zero-order chi connectivity index (χ0) is 10.2. The van der Waals surface area contributed by atoms with Crippen LogP contribution in [0.15, 0.2) is 23.3 Å². The summed E-state index contributed by atoms with van der Waals surface area (Å²) in [7, 11) is 0. The smallest absolute Gasteiger partial charge is 0.307 e. The van der Waals surface area contributed by atoms with Gasteiger partial charge in [0.15, 0.2) is 0 Å². The average molecular weight is 202 g/mol. The van der Waals surface area contributed by atoms with Gasteiger partial charge in [0.2, 0.25) is 0 Å². The van der Waals surface area contributed by atoms with E-state index < -0.39 is 5.97 Å². The first kappa shape index (κ1) is 8.14. The summed E-state index contributed by atoms with van der Waals surface area (Å²) in [6, 6.07) is 0. The minimum absolute atomic E-state index is 0.0681. The van der Waals surface area contributed by atoms with Gasteiger partial charge in [0, 0.05) is 0 Å². The molecule has 4 bridgehead atoms. The molecule has 0 aliphatic heterocycles. The van der Waals surface area contributed by atoms with Gasteiger partial charge < -0.3 is 5.11 Å². The lowest BCUT2D eigenvalue weighted by atomic mass is 9.74. The van der Waals surface area contributed by atoms with E-state index in [4.69, 9.17) is 0 Å². The largest absolute Gasteiger partial charge is 0.481 e. The van der Waals surface area contributed by atoms with Gasteiger partial charge in [-0.1, -0.05) is 17.7 Å². The normalized spacial score (nSPS) is 49.2. The van der Waals surface area contributed by atoms with E-state index in [1.165, 1.54) is 12.0 Å². The zero-order valence-corrected chi connectivity index (χ0v) is 8.52. The number of rotatable bonds is 1. The van der Waals surface area contributed by atoms with Crippen LogP contribution in [0, 0.1) is 29.6 Å². The second-order valence-corrected chi connectivity index (χ2v) is 5.52. The number of carbonyl (C=O) groups is 1. The summed E-state index contributed by atoms with van der Waals surface area (Å²) < 4.78 is 0. The molecule has 2 heteroatoms. The van der Waals surface area contributed by atoms with Crippen LogP contribution < -0.4 is 0 Å². The molecule has 0 amide bonds. The molecule has 78 valence electrons. The van der Waals surface area contributed by atoms with Crippen LogP contribution in [0.4, 0.5) is 0 Å². The van der Waals surface area contributed by atoms with Crippen molar-refractivity contribution in [3.63, 3.8) is 0 Å². The molecule has 5 unspecified atom stereocenters. The molecule has 2 nitrogen and oxygen atoms in total. The predicted octanol–water partition coefficient (Wildman–Crippen LogP) is 2.23. The number of carboxylic acid groups (broad SMARTS) is 1. The summed E-state index contributed by atoms with van der Waals surface area (Å²) in [5, 5.41) is 9.18. The molecule has 2 fully saturated rings. The van der Waals surface area contributed by atoms with E-state index in [0.29, 0.717) is 11.8 Å². The van der Waals surface area contributed by atoms with E-state index in [1.54, 1.807) is 5.57 Å². The van der Waals surface area contributed by atoms with Crippen LogP contribution in [0.2, 0.25) is 0 Å². The van der Waals surface area contributed by atoms with Crippen molar-refractivity contribution in [3.05, 3.63) is 23.3 Å². The van der Waals surface area contributed by atoms with Gasteiger partial charge in [-0.3, -0.25) is 4.79 Å². The van der Waals surface area contributed by atoms with Crippen LogP contribution in [0.3, 0.4) is 0 Å². The summed E-state index contributed by atoms with van der Waals surface area (Å²) in [6.45, 7) is 0. The molecule has 5 atom stereocenters. The first-order valence-corrected chi connectivity index (χ1v) is 5.89. The molecular formula is C13H14O2. The third kappa shape index (κ3) is 0.804. The van der Waals surface area contributed by atoms with Gasteiger partial charge >= 0.3 is 5.97 Å². The van der Waals surface area contributed by atoms with E-state index in [-0.39, 0.29) is 5.92 Å². The summed E-state index contributed by atoms with van der Waals surface area (Å²) in [4.78, 5) is 11.1. The van der Waals surface area contributed by atoms with E-state index >= 15 is 0 Å². The van der Waals surface area contributed by atoms with Crippen LogP contribution in [0.5, 0.6) is 0 Å². The van der Waals surface area contributed by atoms with Crippen LogP contribution in [-0.2, 0) is 4.79 Å². The molecular weight excluding hydrogens is 188 g/mol. The highest BCUT2D eigenvalue weighted by molar-refractivity contribution is 5.72. The van der Waals surface area contributed by atoms with E-state index in [2.05, 4.69) is 12.2 Å². The van der Waals surface area contributed by atoms with Crippen molar-refractivity contribution < 1.29 is 9.90 Å². The first-order valence-electron chi connectivity index (χ1n) is 5.89. The monoisotopic (exact) mass is 202 g/mol. The highest BCUT2D eigenvalue weighted by atomic mass is 16.4. The fraction of sp³-hybridized carbons (Fsp3) is 0.615. The SMILES string of the molecule is O=C(O)C1CC2CC1C1=C3C=CC(C3)C12.